The second-order valence-electron chi connectivity index (χ2n) is 6.83. The van der Waals surface area contributed by atoms with Gasteiger partial charge >= 0.3 is 5.97 Å². The number of hydrogen-bond acceptors (Lipinski definition) is 6. The van der Waals surface area contributed by atoms with Crippen LogP contribution in [0.15, 0.2) is 29.5 Å². The van der Waals surface area contributed by atoms with Crippen molar-refractivity contribution in [1.29, 1.82) is 0 Å². The van der Waals surface area contributed by atoms with Gasteiger partial charge in [0.15, 0.2) is 17.3 Å². The molecule has 2 aliphatic rings. The molecule has 1 aromatic rings. The number of carbonyl (C=O) groups excluding carboxylic acids is 3. The van der Waals surface area contributed by atoms with Crippen LogP contribution in [-0.2, 0) is 19.1 Å². The van der Waals surface area contributed by atoms with Crippen LogP contribution in [0, 0.1) is 11.8 Å². The molecule has 0 spiro atoms. The molecule has 0 saturated carbocycles. The highest BCUT2D eigenvalue weighted by Gasteiger charge is 2.46. The number of rotatable bonds is 4. The van der Waals surface area contributed by atoms with Gasteiger partial charge in [0.2, 0.25) is 5.91 Å². The summed E-state index contributed by atoms with van der Waals surface area (Å²) in [5.41, 5.74) is 1.72. The van der Waals surface area contributed by atoms with Crippen LogP contribution in [0.2, 0.25) is 0 Å². The molecule has 3 rings (SSSR count). The zero-order valence-corrected chi connectivity index (χ0v) is 15.8. The van der Waals surface area contributed by atoms with Gasteiger partial charge in [0.05, 0.1) is 21.3 Å². The lowest BCUT2D eigenvalue weighted by Crippen LogP contribution is -2.44. The third-order valence-electron chi connectivity index (χ3n) is 5.26. The molecular formula is C20H23NO6. The fourth-order valence-corrected chi connectivity index (χ4v) is 4.05. The summed E-state index contributed by atoms with van der Waals surface area (Å²) in [5.74, 6) is -1.65. The first-order valence-electron chi connectivity index (χ1n) is 8.78. The Hall–Kier alpha value is -2.83. The van der Waals surface area contributed by atoms with Gasteiger partial charge in [-0.25, -0.2) is 0 Å². The molecule has 1 aromatic carbocycles. The molecule has 1 N–H and O–H groups in total. The highest BCUT2D eigenvalue weighted by atomic mass is 16.5. The van der Waals surface area contributed by atoms with Gasteiger partial charge in [0.1, 0.15) is 5.92 Å². The number of nitrogens with one attached hydrogen (secondary N) is 1. The van der Waals surface area contributed by atoms with E-state index in [1.165, 1.54) is 21.3 Å². The van der Waals surface area contributed by atoms with Gasteiger partial charge in [-0.15, -0.1) is 0 Å². The lowest BCUT2D eigenvalue weighted by molar-refractivity contribution is -0.151. The first kappa shape index (κ1) is 18.9. The van der Waals surface area contributed by atoms with E-state index in [2.05, 4.69) is 5.32 Å². The second kappa shape index (κ2) is 7.42. The molecule has 0 radical (unpaired) electrons. The fraction of sp³-hybridized carbons (Fsp3) is 0.450. The number of ether oxygens (including phenoxy) is 3. The standard InChI is InChI=1S/C20H23NO6/c1-10-8-13-17(18(23)16(10)20(24)27-4)12(9-15(22)21-13)11-6-5-7-14(25-2)19(11)26-3/h5-7,10,12,16H,8-9H2,1-4H3,(H,21,22)/t10-,12-,16-/m0/s1. The van der Waals surface area contributed by atoms with Crippen molar-refractivity contribution in [2.45, 2.75) is 25.7 Å². The lowest BCUT2D eigenvalue weighted by atomic mass is 9.70. The van der Waals surface area contributed by atoms with E-state index in [0.717, 1.165) is 0 Å². The summed E-state index contributed by atoms with van der Waals surface area (Å²) in [6.45, 7) is 1.81. The van der Waals surface area contributed by atoms with E-state index in [4.69, 9.17) is 14.2 Å². The zero-order valence-electron chi connectivity index (χ0n) is 15.8. The predicted octanol–water partition coefficient (Wildman–Crippen LogP) is 1.96. The Kier molecular flexibility index (Phi) is 5.21. The third kappa shape index (κ3) is 3.18. The van der Waals surface area contributed by atoms with E-state index in [9.17, 15) is 14.4 Å². The van der Waals surface area contributed by atoms with Crippen LogP contribution >= 0.6 is 0 Å². The molecule has 3 atom stereocenters. The van der Waals surface area contributed by atoms with Gasteiger partial charge in [0.25, 0.3) is 0 Å². The Morgan fingerprint density at radius 3 is 2.48 bits per heavy atom. The molecule has 27 heavy (non-hydrogen) atoms. The summed E-state index contributed by atoms with van der Waals surface area (Å²) in [6, 6.07) is 5.35. The third-order valence-corrected chi connectivity index (χ3v) is 5.26. The maximum Gasteiger partial charge on any atom is 0.316 e. The maximum absolute atomic E-state index is 13.2. The van der Waals surface area contributed by atoms with Gasteiger partial charge in [-0.1, -0.05) is 19.1 Å². The Bertz CT molecular complexity index is 828. The molecule has 144 valence electrons. The topological polar surface area (TPSA) is 90.9 Å². The second-order valence-corrected chi connectivity index (χ2v) is 6.83. The Balaban J connectivity index is 2.14. The van der Waals surface area contributed by atoms with Crippen LogP contribution in [0.4, 0.5) is 0 Å². The van der Waals surface area contributed by atoms with Gasteiger partial charge in [-0.05, 0) is 18.4 Å². The quantitative estimate of drug-likeness (QED) is 0.641. The van der Waals surface area contributed by atoms with Crippen molar-refractivity contribution in [3.05, 3.63) is 35.0 Å². The van der Waals surface area contributed by atoms with Crippen molar-refractivity contribution in [3.63, 3.8) is 0 Å². The van der Waals surface area contributed by atoms with Crippen LogP contribution in [0.25, 0.3) is 0 Å². The van der Waals surface area contributed by atoms with Gasteiger partial charge in [-0.3, -0.25) is 14.4 Å². The minimum Gasteiger partial charge on any atom is -0.493 e. The Morgan fingerprint density at radius 2 is 1.85 bits per heavy atom. The molecular weight excluding hydrogens is 350 g/mol. The van der Waals surface area contributed by atoms with Crippen molar-refractivity contribution in [1.82, 2.24) is 5.32 Å². The Morgan fingerprint density at radius 1 is 1.11 bits per heavy atom. The minimum absolute atomic E-state index is 0.0936. The van der Waals surface area contributed by atoms with Gasteiger partial charge in [0, 0.05) is 29.2 Å². The minimum atomic E-state index is -0.872. The first-order valence-corrected chi connectivity index (χ1v) is 8.78. The highest BCUT2D eigenvalue weighted by Crippen LogP contribution is 2.46. The van der Waals surface area contributed by atoms with Crippen LogP contribution in [0.5, 0.6) is 11.5 Å². The smallest absolute Gasteiger partial charge is 0.316 e. The molecule has 0 unspecified atom stereocenters. The molecule has 7 nitrogen and oxygen atoms in total. The SMILES string of the molecule is COC(=O)[C@@H]1C(=O)C2=C(C[C@@H]1C)NC(=O)C[C@H]2c1cccc(OC)c1OC. The fourth-order valence-electron chi connectivity index (χ4n) is 4.05. The van der Waals surface area contributed by atoms with Gasteiger partial charge < -0.3 is 19.5 Å². The summed E-state index contributed by atoms with van der Waals surface area (Å²) in [6.07, 6.45) is 0.520. The number of hydrogen-bond donors (Lipinski definition) is 1. The molecule has 1 aliphatic heterocycles. The van der Waals surface area contributed by atoms with Crippen molar-refractivity contribution in [2.24, 2.45) is 11.8 Å². The number of ketones is 1. The number of benzene rings is 1. The van der Waals surface area contributed by atoms with Crippen molar-refractivity contribution in [2.75, 3.05) is 21.3 Å². The number of Topliss-reactive ketones (excluding diaryl/α,β-unsaturated/α-hetero) is 1. The number of para-hydroxylation sites is 1. The van der Waals surface area contributed by atoms with E-state index in [-0.39, 0.29) is 24.0 Å². The summed E-state index contributed by atoms with van der Waals surface area (Å²) >= 11 is 0. The first-order chi connectivity index (χ1) is 12.9. The summed E-state index contributed by atoms with van der Waals surface area (Å²) in [5, 5.41) is 2.82. The molecule has 0 bridgehead atoms. The maximum atomic E-state index is 13.2. The van der Waals surface area contributed by atoms with Gasteiger partial charge in [-0.2, -0.15) is 0 Å². The van der Waals surface area contributed by atoms with E-state index < -0.39 is 17.8 Å². The number of methoxy groups -OCH3 is 3. The molecule has 1 aliphatic carbocycles. The lowest BCUT2D eigenvalue weighted by Gasteiger charge is -2.36. The largest absolute Gasteiger partial charge is 0.493 e. The Labute approximate surface area is 157 Å². The predicted molar refractivity (Wildman–Crippen MR) is 96.4 cm³/mol. The summed E-state index contributed by atoms with van der Waals surface area (Å²) < 4.78 is 15.7. The van der Waals surface area contributed by atoms with E-state index in [1.54, 1.807) is 12.1 Å². The van der Waals surface area contributed by atoms with E-state index in [0.29, 0.717) is 34.8 Å². The molecule has 0 fully saturated rings. The van der Waals surface area contributed by atoms with Crippen molar-refractivity contribution in [3.8, 4) is 11.5 Å². The van der Waals surface area contributed by atoms with Crippen LogP contribution < -0.4 is 14.8 Å². The number of esters is 1. The zero-order chi connectivity index (χ0) is 19.7. The molecule has 0 aromatic heterocycles. The average molecular weight is 373 g/mol. The van der Waals surface area contributed by atoms with Crippen molar-refractivity contribution < 1.29 is 28.6 Å². The average Bonchev–Trinajstić information content (AvgIpc) is 2.65. The van der Waals surface area contributed by atoms with E-state index >= 15 is 0 Å². The molecule has 1 heterocycles. The molecule has 7 heteroatoms. The number of allylic oxidation sites excluding steroid dienone is 2. The number of carbonyl (C=O) groups is 3. The molecule has 0 saturated heterocycles. The highest BCUT2D eigenvalue weighted by molar-refractivity contribution is 6.11. The van der Waals surface area contributed by atoms with Crippen LogP contribution in [0.1, 0.15) is 31.2 Å². The molecule has 1 amide bonds. The van der Waals surface area contributed by atoms with E-state index in [1.807, 2.05) is 13.0 Å². The van der Waals surface area contributed by atoms with Crippen LogP contribution in [-0.4, -0.2) is 39.0 Å². The number of amides is 1. The van der Waals surface area contributed by atoms with Crippen molar-refractivity contribution >= 4 is 17.7 Å². The van der Waals surface area contributed by atoms with Crippen LogP contribution in [0.3, 0.4) is 0 Å². The summed E-state index contributed by atoms with van der Waals surface area (Å²) in [7, 11) is 4.32. The normalized spacial score (nSPS) is 24.8. The summed E-state index contributed by atoms with van der Waals surface area (Å²) in [4.78, 5) is 37.7. The monoisotopic (exact) mass is 373 g/mol.